The summed E-state index contributed by atoms with van der Waals surface area (Å²) >= 11 is 0. The maximum Gasteiger partial charge on any atom is 0.277 e. The molecule has 156 valence electrons. The van der Waals surface area contributed by atoms with Crippen LogP contribution in [0.2, 0.25) is 0 Å². The van der Waals surface area contributed by atoms with Crippen molar-refractivity contribution in [3.05, 3.63) is 101 Å². The average molecular weight is 403 g/mol. The van der Waals surface area contributed by atoms with Gasteiger partial charge in [-0.25, -0.2) is 0 Å². The highest BCUT2D eigenvalue weighted by Crippen LogP contribution is 2.19. The molecule has 0 aliphatic carbocycles. The fraction of sp³-hybridized carbons (Fsp3) is 0.269. The first kappa shape index (κ1) is 21.6. The zero-order valence-electron chi connectivity index (χ0n) is 18.4. The average Bonchev–Trinajstić information content (AvgIpc) is 2.76. The summed E-state index contributed by atoms with van der Waals surface area (Å²) in [7, 11) is 5.93. The molecule has 3 aromatic rings. The highest BCUT2D eigenvalue weighted by molar-refractivity contribution is 5.76. The zero-order valence-corrected chi connectivity index (χ0v) is 18.4. The molecule has 0 aliphatic rings. The molecule has 4 nitrogen and oxygen atoms in total. The monoisotopic (exact) mass is 402 g/mol. The molecule has 0 spiro atoms. The van der Waals surface area contributed by atoms with E-state index in [1.165, 1.54) is 16.7 Å². The minimum Gasteiger partial charge on any atom is -0.378 e. The van der Waals surface area contributed by atoms with Gasteiger partial charge in [-0.15, -0.1) is 0 Å². The van der Waals surface area contributed by atoms with Gasteiger partial charge in [0.05, 0.1) is 0 Å². The fourth-order valence-electron chi connectivity index (χ4n) is 3.53. The zero-order chi connectivity index (χ0) is 21.5. The summed E-state index contributed by atoms with van der Waals surface area (Å²) in [6, 6.07) is 27.4. The summed E-state index contributed by atoms with van der Waals surface area (Å²) in [4.78, 5) is 16.7. The van der Waals surface area contributed by atoms with Crippen molar-refractivity contribution in [2.75, 3.05) is 32.6 Å². The molecule has 3 aromatic carbocycles. The van der Waals surface area contributed by atoms with Crippen LogP contribution in [0, 0.1) is 6.92 Å². The van der Waals surface area contributed by atoms with E-state index in [9.17, 15) is 4.79 Å². The van der Waals surface area contributed by atoms with E-state index in [1.807, 2.05) is 27.2 Å². The van der Waals surface area contributed by atoms with Crippen molar-refractivity contribution in [1.29, 1.82) is 0 Å². The van der Waals surface area contributed by atoms with Crippen LogP contribution >= 0.6 is 0 Å². The number of nitrogens with zero attached hydrogens (tertiary/aromatic N) is 2. The SMILES string of the molecule is Cc1ccc([C@H]([NH2+]CC(=O)N(C)Cc2ccc(N(C)C)cc2)c2ccccc2)cc1. The van der Waals surface area contributed by atoms with Gasteiger partial charge in [0, 0.05) is 44.5 Å². The quantitative estimate of drug-likeness (QED) is 0.628. The Balaban J connectivity index is 1.65. The standard InChI is InChI=1S/C26H31N3O/c1-20-10-14-23(15-11-20)26(22-8-6-5-7-9-22)27-18-25(30)29(4)19-21-12-16-24(17-13-21)28(2)3/h5-17,26-27H,18-19H2,1-4H3/p+1/t26-/m1/s1. The van der Waals surface area contributed by atoms with Gasteiger partial charge < -0.3 is 15.1 Å². The Labute approximate surface area is 180 Å². The number of carbonyl (C=O) groups excluding carboxylic acids is 1. The van der Waals surface area contributed by atoms with Crippen LogP contribution in [0.4, 0.5) is 5.69 Å². The maximum absolute atomic E-state index is 12.8. The van der Waals surface area contributed by atoms with Crippen molar-refractivity contribution in [2.45, 2.75) is 19.5 Å². The van der Waals surface area contributed by atoms with E-state index in [4.69, 9.17) is 0 Å². The number of hydrogen-bond donors (Lipinski definition) is 1. The first-order valence-electron chi connectivity index (χ1n) is 10.4. The van der Waals surface area contributed by atoms with Crippen molar-refractivity contribution in [1.82, 2.24) is 4.90 Å². The van der Waals surface area contributed by atoms with Crippen LogP contribution in [-0.2, 0) is 11.3 Å². The summed E-state index contributed by atoms with van der Waals surface area (Å²) in [5.41, 5.74) is 5.94. The lowest BCUT2D eigenvalue weighted by atomic mass is 9.98. The van der Waals surface area contributed by atoms with Crippen LogP contribution in [0.15, 0.2) is 78.9 Å². The third-order valence-corrected chi connectivity index (χ3v) is 5.42. The minimum absolute atomic E-state index is 0.100. The van der Waals surface area contributed by atoms with Gasteiger partial charge in [-0.05, 0) is 24.6 Å². The molecular weight excluding hydrogens is 370 g/mol. The fourth-order valence-corrected chi connectivity index (χ4v) is 3.53. The van der Waals surface area contributed by atoms with Crippen LogP contribution in [0.1, 0.15) is 28.3 Å². The Morgan fingerprint density at radius 1 is 0.833 bits per heavy atom. The van der Waals surface area contributed by atoms with E-state index in [2.05, 4.69) is 89.9 Å². The van der Waals surface area contributed by atoms with Crippen LogP contribution in [-0.4, -0.2) is 38.5 Å². The molecule has 3 rings (SSSR count). The second-order valence-corrected chi connectivity index (χ2v) is 8.05. The molecule has 0 bridgehead atoms. The molecule has 0 saturated heterocycles. The topological polar surface area (TPSA) is 40.2 Å². The van der Waals surface area contributed by atoms with Crippen molar-refractivity contribution < 1.29 is 10.1 Å². The summed E-state index contributed by atoms with van der Waals surface area (Å²) in [6.45, 7) is 3.11. The number of nitrogens with two attached hydrogens (primary N) is 1. The van der Waals surface area contributed by atoms with Gasteiger partial charge in [0.15, 0.2) is 6.54 Å². The number of hydrogen-bond acceptors (Lipinski definition) is 2. The highest BCUT2D eigenvalue weighted by atomic mass is 16.2. The van der Waals surface area contributed by atoms with Crippen molar-refractivity contribution in [3.8, 4) is 0 Å². The summed E-state index contributed by atoms with van der Waals surface area (Å²) < 4.78 is 0. The van der Waals surface area contributed by atoms with Crippen molar-refractivity contribution >= 4 is 11.6 Å². The lowest BCUT2D eigenvalue weighted by molar-refractivity contribution is -0.677. The van der Waals surface area contributed by atoms with Gasteiger partial charge in [-0.1, -0.05) is 72.3 Å². The van der Waals surface area contributed by atoms with Crippen molar-refractivity contribution in [3.63, 3.8) is 0 Å². The molecule has 0 unspecified atom stereocenters. The van der Waals surface area contributed by atoms with E-state index in [0.29, 0.717) is 13.1 Å². The van der Waals surface area contributed by atoms with Gasteiger partial charge in [0.1, 0.15) is 6.04 Å². The van der Waals surface area contributed by atoms with E-state index in [0.717, 1.165) is 11.3 Å². The Morgan fingerprint density at radius 2 is 1.43 bits per heavy atom. The number of aryl methyl sites for hydroxylation is 1. The summed E-state index contributed by atoms with van der Waals surface area (Å²) in [6.07, 6.45) is 0. The third kappa shape index (κ3) is 5.71. The lowest BCUT2D eigenvalue weighted by Crippen LogP contribution is -2.87. The molecule has 0 aliphatic heterocycles. The van der Waals surface area contributed by atoms with Crippen LogP contribution in [0.25, 0.3) is 0 Å². The molecule has 0 saturated carbocycles. The number of rotatable bonds is 8. The number of amides is 1. The molecule has 0 heterocycles. The smallest absolute Gasteiger partial charge is 0.277 e. The summed E-state index contributed by atoms with van der Waals surface area (Å²) in [5.74, 6) is 0.125. The predicted molar refractivity (Wildman–Crippen MR) is 123 cm³/mol. The van der Waals surface area contributed by atoms with Gasteiger partial charge >= 0.3 is 0 Å². The second kappa shape index (κ2) is 10.1. The highest BCUT2D eigenvalue weighted by Gasteiger charge is 2.20. The van der Waals surface area contributed by atoms with Crippen LogP contribution in [0.3, 0.4) is 0 Å². The van der Waals surface area contributed by atoms with E-state index < -0.39 is 0 Å². The number of anilines is 1. The minimum atomic E-state index is 0.100. The predicted octanol–water partition coefficient (Wildman–Crippen LogP) is 3.37. The van der Waals surface area contributed by atoms with Crippen LogP contribution in [0.5, 0.6) is 0 Å². The van der Waals surface area contributed by atoms with E-state index >= 15 is 0 Å². The number of quaternary nitrogens is 1. The van der Waals surface area contributed by atoms with Gasteiger partial charge in [-0.3, -0.25) is 4.79 Å². The normalized spacial score (nSPS) is 11.7. The molecule has 1 amide bonds. The molecular formula is C26H32N3O+. The molecule has 0 aromatic heterocycles. The molecule has 30 heavy (non-hydrogen) atoms. The van der Waals surface area contributed by atoms with E-state index in [-0.39, 0.29) is 11.9 Å². The summed E-state index contributed by atoms with van der Waals surface area (Å²) in [5, 5.41) is 2.13. The molecule has 2 N–H and O–H groups in total. The molecule has 1 atom stereocenters. The van der Waals surface area contributed by atoms with Gasteiger partial charge in [-0.2, -0.15) is 0 Å². The number of benzene rings is 3. The molecule has 4 heteroatoms. The Morgan fingerprint density at radius 3 is 2.03 bits per heavy atom. The van der Waals surface area contributed by atoms with Gasteiger partial charge in [0.2, 0.25) is 0 Å². The second-order valence-electron chi connectivity index (χ2n) is 8.05. The lowest BCUT2D eigenvalue weighted by Gasteiger charge is -2.20. The Kier molecular flexibility index (Phi) is 7.26. The van der Waals surface area contributed by atoms with E-state index in [1.54, 1.807) is 4.90 Å². The first-order chi connectivity index (χ1) is 14.4. The van der Waals surface area contributed by atoms with Crippen LogP contribution < -0.4 is 10.2 Å². The van der Waals surface area contributed by atoms with Crippen molar-refractivity contribution in [2.24, 2.45) is 0 Å². The first-order valence-corrected chi connectivity index (χ1v) is 10.4. The maximum atomic E-state index is 12.8. The number of likely N-dealkylation sites (N-methyl/N-ethyl adjacent to an activating group) is 1. The molecule has 0 fully saturated rings. The Hall–Kier alpha value is -3.11. The third-order valence-electron chi connectivity index (χ3n) is 5.42. The number of carbonyl (C=O) groups is 1. The Bertz CT molecular complexity index is 934. The van der Waals surface area contributed by atoms with Gasteiger partial charge in [0.25, 0.3) is 5.91 Å². The largest absolute Gasteiger partial charge is 0.378 e. The molecule has 0 radical (unpaired) electrons.